The van der Waals surface area contributed by atoms with Crippen molar-refractivity contribution in [3.05, 3.63) is 23.3 Å². The number of benzene rings is 1. The molecule has 0 spiro atoms. The molecule has 104 valence electrons. The lowest BCUT2D eigenvalue weighted by Gasteiger charge is -2.30. The minimum atomic E-state index is 0.0921. The van der Waals surface area contributed by atoms with E-state index in [4.69, 9.17) is 19.9 Å². The summed E-state index contributed by atoms with van der Waals surface area (Å²) in [6.45, 7) is 1.58. The van der Waals surface area contributed by atoms with Crippen LogP contribution in [-0.2, 0) is 16.8 Å². The molecule has 4 nitrogen and oxygen atoms in total. The molecule has 0 atom stereocenters. The third kappa shape index (κ3) is 2.09. The highest BCUT2D eigenvalue weighted by molar-refractivity contribution is 5.51. The molecule has 1 heterocycles. The highest BCUT2D eigenvalue weighted by atomic mass is 16.7. The number of ether oxygens (including phenoxy) is 3. The molecule has 0 amide bonds. The molecule has 0 aromatic heterocycles. The van der Waals surface area contributed by atoms with Crippen LogP contribution in [0.15, 0.2) is 12.1 Å². The summed E-state index contributed by atoms with van der Waals surface area (Å²) in [4.78, 5) is 0. The SMILES string of the molecule is COCc1cc2c(cc1C1(CN)CCCC1)OCO2. The van der Waals surface area contributed by atoms with Crippen LogP contribution in [0.4, 0.5) is 0 Å². The average Bonchev–Trinajstić information content (AvgIpc) is 3.07. The van der Waals surface area contributed by atoms with Crippen molar-refractivity contribution in [2.45, 2.75) is 37.7 Å². The van der Waals surface area contributed by atoms with Crippen LogP contribution in [0.5, 0.6) is 11.5 Å². The predicted octanol–water partition coefficient (Wildman–Crippen LogP) is 2.33. The van der Waals surface area contributed by atoms with Crippen molar-refractivity contribution in [2.24, 2.45) is 5.73 Å². The minimum Gasteiger partial charge on any atom is -0.454 e. The number of methoxy groups -OCH3 is 1. The summed E-state index contributed by atoms with van der Waals surface area (Å²) in [5, 5.41) is 0. The van der Waals surface area contributed by atoms with Crippen LogP contribution in [0.1, 0.15) is 36.8 Å². The molecule has 1 aliphatic carbocycles. The average molecular weight is 263 g/mol. The zero-order chi connectivity index (χ0) is 13.3. The lowest BCUT2D eigenvalue weighted by molar-refractivity contribution is 0.173. The number of hydrogen-bond acceptors (Lipinski definition) is 4. The maximum Gasteiger partial charge on any atom is 0.231 e. The summed E-state index contributed by atoms with van der Waals surface area (Å²) in [5.41, 5.74) is 8.66. The predicted molar refractivity (Wildman–Crippen MR) is 72.5 cm³/mol. The maximum absolute atomic E-state index is 6.10. The summed E-state index contributed by atoms with van der Waals surface area (Å²) in [6, 6.07) is 4.17. The van der Waals surface area contributed by atoms with Gasteiger partial charge in [-0.2, -0.15) is 0 Å². The van der Waals surface area contributed by atoms with Gasteiger partial charge in [0, 0.05) is 19.1 Å². The number of rotatable bonds is 4. The van der Waals surface area contributed by atoms with Crippen LogP contribution < -0.4 is 15.2 Å². The Kier molecular flexibility index (Phi) is 3.37. The number of fused-ring (bicyclic) bond motifs is 1. The first-order valence-corrected chi connectivity index (χ1v) is 6.91. The molecular weight excluding hydrogens is 242 g/mol. The normalized spacial score (nSPS) is 19.9. The molecule has 0 bridgehead atoms. The number of nitrogens with two attached hydrogens (primary N) is 1. The van der Waals surface area contributed by atoms with E-state index < -0.39 is 0 Å². The third-order valence-corrected chi connectivity index (χ3v) is 4.42. The Morgan fingerprint density at radius 2 is 1.89 bits per heavy atom. The fourth-order valence-corrected chi connectivity index (χ4v) is 3.39. The molecule has 2 N–H and O–H groups in total. The Labute approximate surface area is 113 Å². The zero-order valence-corrected chi connectivity index (χ0v) is 11.4. The van der Waals surface area contributed by atoms with E-state index in [9.17, 15) is 0 Å². The molecule has 3 rings (SSSR count). The van der Waals surface area contributed by atoms with Crippen molar-refractivity contribution in [3.63, 3.8) is 0 Å². The van der Waals surface area contributed by atoms with Crippen molar-refractivity contribution in [1.82, 2.24) is 0 Å². The van der Waals surface area contributed by atoms with E-state index in [0.717, 1.165) is 24.3 Å². The smallest absolute Gasteiger partial charge is 0.231 e. The Morgan fingerprint density at radius 3 is 2.53 bits per heavy atom. The summed E-state index contributed by atoms with van der Waals surface area (Å²) in [7, 11) is 1.72. The second-order valence-corrected chi connectivity index (χ2v) is 5.49. The Hall–Kier alpha value is -1.26. The summed E-state index contributed by atoms with van der Waals surface area (Å²) in [5.74, 6) is 1.66. The first-order valence-electron chi connectivity index (χ1n) is 6.91. The van der Waals surface area contributed by atoms with Crippen LogP contribution >= 0.6 is 0 Å². The second kappa shape index (κ2) is 5.02. The van der Waals surface area contributed by atoms with E-state index in [2.05, 4.69) is 12.1 Å². The van der Waals surface area contributed by atoms with Crippen molar-refractivity contribution >= 4 is 0 Å². The van der Waals surface area contributed by atoms with E-state index in [1.165, 1.54) is 24.0 Å². The highest BCUT2D eigenvalue weighted by Crippen LogP contribution is 2.46. The van der Waals surface area contributed by atoms with Gasteiger partial charge in [-0.25, -0.2) is 0 Å². The van der Waals surface area contributed by atoms with Crippen molar-refractivity contribution < 1.29 is 14.2 Å². The second-order valence-electron chi connectivity index (χ2n) is 5.49. The summed E-state index contributed by atoms with van der Waals surface area (Å²) >= 11 is 0. The van der Waals surface area contributed by atoms with E-state index in [1.807, 2.05) is 0 Å². The van der Waals surface area contributed by atoms with Crippen molar-refractivity contribution in [1.29, 1.82) is 0 Å². The topological polar surface area (TPSA) is 53.7 Å². The molecule has 0 radical (unpaired) electrons. The van der Waals surface area contributed by atoms with Gasteiger partial charge in [-0.15, -0.1) is 0 Å². The molecule has 2 aliphatic rings. The largest absolute Gasteiger partial charge is 0.454 e. The summed E-state index contributed by atoms with van der Waals surface area (Å²) < 4.78 is 16.3. The Morgan fingerprint density at radius 1 is 1.21 bits per heavy atom. The van der Waals surface area contributed by atoms with Crippen LogP contribution in [0, 0.1) is 0 Å². The lowest BCUT2D eigenvalue weighted by Crippen LogP contribution is -2.33. The van der Waals surface area contributed by atoms with Gasteiger partial charge >= 0.3 is 0 Å². The Bertz CT molecular complexity index is 467. The van der Waals surface area contributed by atoms with Gasteiger partial charge in [0.2, 0.25) is 6.79 Å². The van der Waals surface area contributed by atoms with E-state index in [1.54, 1.807) is 7.11 Å². The van der Waals surface area contributed by atoms with Gasteiger partial charge in [-0.3, -0.25) is 0 Å². The lowest BCUT2D eigenvalue weighted by atomic mass is 9.76. The van der Waals surface area contributed by atoms with Gasteiger partial charge in [0.15, 0.2) is 11.5 Å². The summed E-state index contributed by atoms with van der Waals surface area (Å²) in [6.07, 6.45) is 4.80. The van der Waals surface area contributed by atoms with Gasteiger partial charge in [0.1, 0.15) is 0 Å². The van der Waals surface area contributed by atoms with Crippen LogP contribution in [0.3, 0.4) is 0 Å². The van der Waals surface area contributed by atoms with Gasteiger partial charge in [0.25, 0.3) is 0 Å². The fraction of sp³-hybridized carbons (Fsp3) is 0.600. The molecule has 1 saturated carbocycles. The van der Waals surface area contributed by atoms with E-state index >= 15 is 0 Å². The first-order chi connectivity index (χ1) is 9.29. The van der Waals surface area contributed by atoms with Crippen molar-refractivity contribution in [2.75, 3.05) is 20.4 Å². The fourth-order valence-electron chi connectivity index (χ4n) is 3.39. The van der Waals surface area contributed by atoms with Crippen LogP contribution in [-0.4, -0.2) is 20.4 Å². The van der Waals surface area contributed by atoms with E-state index in [0.29, 0.717) is 19.9 Å². The number of hydrogen-bond donors (Lipinski definition) is 1. The Balaban J connectivity index is 2.07. The first kappa shape index (κ1) is 12.8. The van der Waals surface area contributed by atoms with Gasteiger partial charge < -0.3 is 19.9 Å². The maximum atomic E-state index is 6.10. The molecule has 1 fully saturated rings. The standard InChI is InChI=1S/C15H21NO3/c1-17-8-11-6-13-14(19-10-18-13)7-12(11)15(9-16)4-2-3-5-15/h6-7H,2-5,8-10,16H2,1H3. The molecule has 1 aromatic rings. The monoisotopic (exact) mass is 263 g/mol. The van der Waals surface area contributed by atoms with Crippen molar-refractivity contribution in [3.8, 4) is 11.5 Å². The quantitative estimate of drug-likeness (QED) is 0.906. The van der Waals surface area contributed by atoms with Gasteiger partial charge in [-0.05, 0) is 36.1 Å². The molecule has 4 heteroatoms. The molecule has 1 aromatic carbocycles. The molecule has 1 aliphatic heterocycles. The molecular formula is C15H21NO3. The molecule has 0 unspecified atom stereocenters. The van der Waals surface area contributed by atoms with Gasteiger partial charge in [-0.1, -0.05) is 12.8 Å². The molecule has 0 saturated heterocycles. The zero-order valence-electron chi connectivity index (χ0n) is 11.4. The van der Waals surface area contributed by atoms with Gasteiger partial charge in [0.05, 0.1) is 6.61 Å². The van der Waals surface area contributed by atoms with Crippen LogP contribution in [0.2, 0.25) is 0 Å². The van der Waals surface area contributed by atoms with Crippen LogP contribution in [0.25, 0.3) is 0 Å². The van der Waals surface area contributed by atoms with E-state index in [-0.39, 0.29) is 5.41 Å². The molecule has 19 heavy (non-hydrogen) atoms. The third-order valence-electron chi connectivity index (χ3n) is 4.42. The minimum absolute atomic E-state index is 0.0921. The highest BCUT2D eigenvalue weighted by Gasteiger charge is 2.37.